The number of piperidine rings is 1. The van der Waals surface area contributed by atoms with Gasteiger partial charge in [0.15, 0.2) is 0 Å². The van der Waals surface area contributed by atoms with Crippen LogP contribution in [0.25, 0.3) is 0 Å². The van der Waals surface area contributed by atoms with E-state index in [0.717, 1.165) is 39.1 Å². The number of nitrogens with two attached hydrogens (primary N) is 1. The number of carbonyl (C=O) groups is 1. The zero-order chi connectivity index (χ0) is 20.0. The van der Waals surface area contributed by atoms with E-state index in [2.05, 4.69) is 35.0 Å². The summed E-state index contributed by atoms with van der Waals surface area (Å²) in [4.78, 5) is 18.0. The summed E-state index contributed by atoms with van der Waals surface area (Å²) in [5.41, 5.74) is 1.89. The summed E-state index contributed by atoms with van der Waals surface area (Å²) < 4.78 is 5.96. The maximum atomic E-state index is 12.8. The third-order valence-corrected chi connectivity index (χ3v) is 8.80. The number of piperazine rings is 1. The van der Waals surface area contributed by atoms with Crippen molar-refractivity contribution in [2.24, 2.45) is 23.2 Å². The first-order chi connectivity index (χ1) is 14.0. The topological polar surface area (TPSA) is 49.4 Å². The summed E-state index contributed by atoms with van der Waals surface area (Å²) in [6.45, 7) is 11.4. The molecule has 0 bridgehead atoms. The molecule has 0 amide bonds. The minimum atomic E-state index is 0.0407. The predicted octanol–water partition coefficient (Wildman–Crippen LogP) is 1.99. The second-order valence-corrected chi connectivity index (χ2v) is 10.8. The monoisotopic (exact) mass is 402 g/mol. The minimum Gasteiger partial charge on any atom is -0.461 e. The molecular formula is C24H40N3O2+. The first-order valence-corrected chi connectivity index (χ1v) is 12.3. The van der Waals surface area contributed by atoms with Gasteiger partial charge in [-0.3, -0.25) is 14.6 Å². The van der Waals surface area contributed by atoms with Crippen molar-refractivity contribution < 1.29 is 14.8 Å². The van der Waals surface area contributed by atoms with Crippen molar-refractivity contribution in [1.82, 2.24) is 9.80 Å². The van der Waals surface area contributed by atoms with E-state index in [1.807, 2.05) is 0 Å². The molecule has 0 aromatic rings. The lowest BCUT2D eigenvalue weighted by Gasteiger charge is -2.46. The normalized spacial score (nSPS) is 44.0. The molecule has 2 N–H and O–H groups in total. The lowest BCUT2D eigenvalue weighted by atomic mass is 9.59. The summed E-state index contributed by atoms with van der Waals surface area (Å²) in [6.07, 6.45) is 12.3. The number of nitrogens with zero attached hydrogens (tertiary/aromatic N) is 2. The Morgan fingerprint density at radius 1 is 1.17 bits per heavy atom. The second kappa shape index (κ2) is 7.97. The van der Waals surface area contributed by atoms with Crippen molar-refractivity contribution in [3.63, 3.8) is 0 Å². The quantitative estimate of drug-likeness (QED) is 0.579. The van der Waals surface area contributed by atoms with Gasteiger partial charge in [0.1, 0.15) is 12.3 Å². The molecule has 0 radical (unpaired) electrons. The minimum absolute atomic E-state index is 0.0407. The number of quaternary nitrogens is 1. The van der Waals surface area contributed by atoms with E-state index in [1.165, 1.54) is 45.1 Å². The highest BCUT2D eigenvalue weighted by molar-refractivity contribution is 5.76. The Hall–Kier alpha value is -0.910. The number of allylic oxidation sites excluding steroid dienone is 1. The summed E-state index contributed by atoms with van der Waals surface area (Å²) in [5.74, 6) is 1.07. The lowest BCUT2D eigenvalue weighted by molar-refractivity contribution is -0.717. The van der Waals surface area contributed by atoms with Crippen LogP contribution < -0.4 is 5.32 Å². The SMILES string of the molecule is C[C@@H]1CCC[C@@]2(C)C[C@H]3OC(=O)[C@@H](CN4CCN(C5CCCC[NH2+]5)CC4)[C@@H]3C=C12. The molecule has 0 aromatic heterocycles. The molecule has 6 atom stereocenters. The van der Waals surface area contributed by atoms with Gasteiger partial charge in [-0.25, -0.2) is 0 Å². The largest absolute Gasteiger partial charge is 0.461 e. The van der Waals surface area contributed by atoms with E-state index in [0.29, 0.717) is 18.0 Å². The molecular weight excluding hydrogens is 362 g/mol. The van der Waals surface area contributed by atoms with Gasteiger partial charge in [-0.2, -0.15) is 0 Å². The Morgan fingerprint density at radius 3 is 2.76 bits per heavy atom. The molecule has 162 valence electrons. The van der Waals surface area contributed by atoms with Crippen LogP contribution in [0.1, 0.15) is 58.8 Å². The van der Waals surface area contributed by atoms with Crippen LogP contribution in [0.2, 0.25) is 0 Å². The summed E-state index contributed by atoms with van der Waals surface area (Å²) in [5, 5.41) is 2.54. The van der Waals surface area contributed by atoms with E-state index in [4.69, 9.17) is 4.74 Å². The van der Waals surface area contributed by atoms with E-state index in [1.54, 1.807) is 5.57 Å². The molecule has 4 fully saturated rings. The molecule has 5 aliphatic rings. The van der Waals surface area contributed by atoms with Gasteiger partial charge in [-0.15, -0.1) is 0 Å². The second-order valence-electron chi connectivity index (χ2n) is 10.8. The Balaban J connectivity index is 1.23. The molecule has 3 aliphatic heterocycles. The maximum Gasteiger partial charge on any atom is 0.311 e. The summed E-state index contributed by atoms with van der Waals surface area (Å²) >= 11 is 0. The predicted molar refractivity (Wildman–Crippen MR) is 113 cm³/mol. The van der Waals surface area contributed by atoms with Gasteiger partial charge in [-0.05, 0) is 43.4 Å². The highest BCUT2D eigenvalue weighted by atomic mass is 16.6. The zero-order valence-electron chi connectivity index (χ0n) is 18.4. The van der Waals surface area contributed by atoms with Gasteiger partial charge >= 0.3 is 5.97 Å². The van der Waals surface area contributed by atoms with Crippen molar-refractivity contribution in [3.8, 4) is 0 Å². The van der Waals surface area contributed by atoms with Gasteiger partial charge in [0.25, 0.3) is 0 Å². The van der Waals surface area contributed by atoms with Gasteiger partial charge in [0.2, 0.25) is 0 Å². The number of esters is 1. The molecule has 5 heteroatoms. The van der Waals surface area contributed by atoms with Crippen molar-refractivity contribution in [3.05, 3.63) is 11.6 Å². The molecule has 3 heterocycles. The lowest BCUT2D eigenvalue weighted by Crippen LogP contribution is -2.95. The van der Waals surface area contributed by atoms with Crippen molar-refractivity contribution in [2.45, 2.75) is 71.1 Å². The van der Waals surface area contributed by atoms with Crippen LogP contribution in [0.5, 0.6) is 0 Å². The van der Waals surface area contributed by atoms with E-state index < -0.39 is 0 Å². The number of carbonyl (C=O) groups excluding carboxylic acids is 1. The van der Waals surface area contributed by atoms with E-state index in [9.17, 15) is 4.79 Å². The summed E-state index contributed by atoms with van der Waals surface area (Å²) in [6, 6.07) is 0. The Bertz CT molecular complexity index is 651. The number of fused-ring (bicyclic) bond motifs is 2. The molecule has 5 rings (SSSR count). The number of hydrogen-bond donors (Lipinski definition) is 1. The van der Waals surface area contributed by atoms with Crippen LogP contribution >= 0.6 is 0 Å². The zero-order valence-corrected chi connectivity index (χ0v) is 18.4. The number of hydrogen-bond acceptors (Lipinski definition) is 4. The van der Waals surface area contributed by atoms with Crippen LogP contribution in [-0.4, -0.2) is 67.3 Å². The van der Waals surface area contributed by atoms with Gasteiger partial charge < -0.3 is 10.1 Å². The standard InChI is InChI=1S/C24H39N3O2/c1-17-6-5-8-24(2)15-21-18(14-20(17)24)19(23(28)29-21)16-26-10-12-27(13-11-26)22-7-3-4-9-25-22/h14,17-19,21-22,25H,3-13,15-16H2,1-2H3/p+1/t17-,18+,19+,21-,22?,24+/m1/s1. The Labute approximate surface area is 176 Å². The van der Waals surface area contributed by atoms with Crippen molar-refractivity contribution in [2.75, 3.05) is 39.3 Å². The molecule has 0 spiro atoms. The van der Waals surface area contributed by atoms with E-state index >= 15 is 0 Å². The fourth-order valence-corrected chi connectivity index (χ4v) is 7.07. The van der Waals surface area contributed by atoms with Crippen LogP contribution in [0.3, 0.4) is 0 Å². The first kappa shape index (κ1) is 20.0. The number of ether oxygens (including phenoxy) is 1. The average Bonchev–Trinajstić information content (AvgIpc) is 3.01. The van der Waals surface area contributed by atoms with Gasteiger partial charge in [-0.1, -0.05) is 31.9 Å². The number of rotatable bonds is 3. The van der Waals surface area contributed by atoms with Gasteiger partial charge in [0, 0.05) is 45.1 Å². The molecule has 29 heavy (non-hydrogen) atoms. The molecule has 1 saturated carbocycles. The maximum absolute atomic E-state index is 12.8. The van der Waals surface area contributed by atoms with Crippen molar-refractivity contribution >= 4 is 5.97 Å². The highest BCUT2D eigenvalue weighted by Crippen LogP contribution is 2.54. The molecule has 5 nitrogen and oxygen atoms in total. The highest BCUT2D eigenvalue weighted by Gasteiger charge is 2.52. The molecule has 3 saturated heterocycles. The van der Waals surface area contributed by atoms with Crippen LogP contribution in [0.4, 0.5) is 0 Å². The fourth-order valence-electron chi connectivity index (χ4n) is 7.07. The van der Waals surface area contributed by atoms with Crippen LogP contribution in [-0.2, 0) is 9.53 Å². The van der Waals surface area contributed by atoms with Gasteiger partial charge in [0.05, 0.1) is 12.5 Å². The molecule has 2 aliphatic carbocycles. The van der Waals surface area contributed by atoms with Crippen LogP contribution in [0.15, 0.2) is 11.6 Å². The van der Waals surface area contributed by atoms with Crippen LogP contribution in [0, 0.1) is 23.2 Å². The summed E-state index contributed by atoms with van der Waals surface area (Å²) in [7, 11) is 0. The average molecular weight is 403 g/mol. The molecule has 0 aromatic carbocycles. The smallest absolute Gasteiger partial charge is 0.311 e. The van der Waals surface area contributed by atoms with Crippen molar-refractivity contribution in [1.29, 1.82) is 0 Å². The Morgan fingerprint density at radius 2 is 2.00 bits per heavy atom. The third kappa shape index (κ3) is 3.79. The fraction of sp³-hybridized carbons (Fsp3) is 0.875. The molecule has 1 unspecified atom stereocenters. The Kier molecular flexibility index (Phi) is 5.50. The van der Waals surface area contributed by atoms with E-state index in [-0.39, 0.29) is 23.4 Å². The first-order valence-electron chi connectivity index (χ1n) is 12.3. The third-order valence-electron chi connectivity index (χ3n) is 8.80.